The molecule has 0 radical (unpaired) electrons. The molecule has 7 heteroatoms. The fraction of sp³-hybridized carbons (Fsp3) is 0.231. The van der Waals surface area contributed by atoms with Crippen molar-refractivity contribution >= 4 is 23.2 Å². The number of ether oxygens (including phenoxy) is 1. The number of hydrogen-bond acceptors (Lipinski definition) is 5. The van der Waals surface area contributed by atoms with Gasteiger partial charge in [0.2, 0.25) is 5.91 Å². The zero-order valence-electron chi connectivity index (χ0n) is 18.1. The highest BCUT2D eigenvalue weighted by Crippen LogP contribution is 2.48. The van der Waals surface area contributed by atoms with Crippen molar-refractivity contribution in [2.75, 3.05) is 16.6 Å². The second kappa shape index (κ2) is 8.67. The van der Waals surface area contributed by atoms with Crippen molar-refractivity contribution in [3.8, 4) is 5.75 Å². The zero-order chi connectivity index (χ0) is 22.9. The van der Waals surface area contributed by atoms with Crippen molar-refractivity contribution in [3.63, 3.8) is 0 Å². The van der Waals surface area contributed by atoms with E-state index < -0.39 is 35.7 Å². The third-order valence-electron chi connectivity index (χ3n) is 5.92. The van der Waals surface area contributed by atoms with Crippen LogP contribution in [0.15, 0.2) is 78.9 Å². The van der Waals surface area contributed by atoms with E-state index in [1.807, 2.05) is 25.1 Å². The Kier molecular flexibility index (Phi) is 5.56. The highest BCUT2D eigenvalue weighted by molar-refractivity contribution is 6.23. The van der Waals surface area contributed by atoms with Crippen LogP contribution >= 0.6 is 0 Å². The smallest absolute Gasteiger partial charge is 0.266 e. The molecule has 0 spiro atoms. The fourth-order valence-electron chi connectivity index (χ4n) is 4.41. The molecule has 0 aromatic heterocycles. The molecule has 3 aromatic carbocycles. The summed E-state index contributed by atoms with van der Waals surface area (Å²) >= 11 is 0. The Morgan fingerprint density at radius 2 is 1.58 bits per heavy atom. The molecule has 0 unspecified atom stereocenters. The number of fused-ring (bicyclic) bond motifs is 1. The standard InChI is InChI=1S/C26H23FN2O4/c1-2-16-32-19-14-12-17(13-15-19)28-25(30)22-23(20-10-6-7-11-21(20)27)29(33-24(22)26(28)31)18-8-4-3-5-9-18/h3-15,22-24H,2,16H2,1H3/t22-,23+,24-/m1/s1. The summed E-state index contributed by atoms with van der Waals surface area (Å²) in [5, 5.41) is 1.49. The number of hydrogen-bond donors (Lipinski definition) is 0. The lowest BCUT2D eigenvalue weighted by atomic mass is 9.90. The van der Waals surface area contributed by atoms with E-state index in [0.29, 0.717) is 29.3 Å². The van der Waals surface area contributed by atoms with Crippen LogP contribution < -0.4 is 14.7 Å². The second-order valence-corrected chi connectivity index (χ2v) is 8.03. The van der Waals surface area contributed by atoms with E-state index in [4.69, 9.17) is 9.57 Å². The number of carbonyl (C=O) groups is 2. The van der Waals surface area contributed by atoms with E-state index >= 15 is 0 Å². The summed E-state index contributed by atoms with van der Waals surface area (Å²) in [5.74, 6) is -1.56. The number of imide groups is 1. The van der Waals surface area contributed by atoms with Crippen molar-refractivity contribution in [2.45, 2.75) is 25.5 Å². The number of carbonyl (C=O) groups excluding carboxylic acids is 2. The molecule has 2 saturated heterocycles. The number of anilines is 2. The van der Waals surface area contributed by atoms with Gasteiger partial charge in [-0.1, -0.05) is 43.3 Å². The van der Waals surface area contributed by atoms with E-state index in [2.05, 4.69) is 0 Å². The molecule has 0 aliphatic carbocycles. The molecule has 3 aromatic rings. The monoisotopic (exact) mass is 446 g/mol. The molecule has 0 saturated carbocycles. The summed E-state index contributed by atoms with van der Waals surface area (Å²) in [4.78, 5) is 34.1. The van der Waals surface area contributed by atoms with Gasteiger partial charge in [-0.05, 0) is 48.9 Å². The maximum absolute atomic E-state index is 14.9. The highest BCUT2D eigenvalue weighted by atomic mass is 19.1. The van der Waals surface area contributed by atoms with Crippen LogP contribution in [0, 0.1) is 11.7 Å². The largest absolute Gasteiger partial charge is 0.494 e. The Morgan fingerprint density at radius 1 is 0.879 bits per heavy atom. The number of benzene rings is 3. The Hall–Kier alpha value is -3.71. The lowest BCUT2D eigenvalue weighted by molar-refractivity contribution is -0.126. The van der Waals surface area contributed by atoms with Crippen LogP contribution in [0.25, 0.3) is 0 Å². The Morgan fingerprint density at radius 3 is 2.27 bits per heavy atom. The molecule has 6 nitrogen and oxygen atoms in total. The number of halogens is 1. The van der Waals surface area contributed by atoms with Gasteiger partial charge in [0, 0.05) is 5.56 Å². The predicted octanol–water partition coefficient (Wildman–Crippen LogP) is 4.67. The Balaban J connectivity index is 1.51. The maximum Gasteiger partial charge on any atom is 0.266 e. The summed E-state index contributed by atoms with van der Waals surface area (Å²) in [6.07, 6.45) is -0.167. The summed E-state index contributed by atoms with van der Waals surface area (Å²) in [6.45, 7) is 2.60. The molecule has 2 fully saturated rings. The second-order valence-electron chi connectivity index (χ2n) is 8.03. The van der Waals surface area contributed by atoms with Gasteiger partial charge in [-0.2, -0.15) is 0 Å². The minimum absolute atomic E-state index is 0.306. The van der Waals surface area contributed by atoms with Gasteiger partial charge in [0.05, 0.1) is 24.0 Å². The van der Waals surface area contributed by atoms with Crippen LogP contribution in [-0.2, 0) is 14.4 Å². The van der Waals surface area contributed by atoms with E-state index in [9.17, 15) is 14.0 Å². The first-order valence-corrected chi connectivity index (χ1v) is 11.0. The third-order valence-corrected chi connectivity index (χ3v) is 5.92. The van der Waals surface area contributed by atoms with Crippen LogP contribution in [0.5, 0.6) is 5.75 Å². The van der Waals surface area contributed by atoms with E-state index in [-0.39, 0.29) is 0 Å². The van der Waals surface area contributed by atoms with Crippen molar-refractivity contribution in [1.29, 1.82) is 0 Å². The van der Waals surface area contributed by atoms with Gasteiger partial charge in [0.25, 0.3) is 5.91 Å². The number of amides is 2. The van der Waals surface area contributed by atoms with Crippen molar-refractivity contribution in [3.05, 3.63) is 90.2 Å². The molecule has 2 amide bonds. The molecular weight excluding hydrogens is 423 g/mol. The Bertz CT molecular complexity index is 1170. The topological polar surface area (TPSA) is 59.1 Å². The summed E-state index contributed by atoms with van der Waals surface area (Å²) in [6, 6.07) is 21.4. The first-order valence-electron chi connectivity index (χ1n) is 11.0. The van der Waals surface area contributed by atoms with Crippen LogP contribution in [0.4, 0.5) is 15.8 Å². The van der Waals surface area contributed by atoms with E-state index in [1.165, 1.54) is 11.1 Å². The Labute approximate surface area is 191 Å². The van der Waals surface area contributed by atoms with Crippen molar-refractivity contribution < 1.29 is 23.6 Å². The average molecular weight is 446 g/mol. The molecule has 5 rings (SSSR count). The van der Waals surface area contributed by atoms with Gasteiger partial charge in [-0.25, -0.2) is 14.4 Å². The van der Waals surface area contributed by atoms with Crippen molar-refractivity contribution in [1.82, 2.24) is 0 Å². The van der Waals surface area contributed by atoms with Gasteiger partial charge in [-0.15, -0.1) is 0 Å². The number of rotatable bonds is 6. The number of nitrogens with zero attached hydrogens (tertiary/aromatic N) is 2. The van der Waals surface area contributed by atoms with Crippen LogP contribution in [0.2, 0.25) is 0 Å². The number of para-hydroxylation sites is 1. The molecule has 33 heavy (non-hydrogen) atoms. The van der Waals surface area contributed by atoms with Gasteiger partial charge in [0.15, 0.2) is 6.10 Å². The summed E-state index contributed by atoms with van der Waals surface area (Å²) in [5.41, 5.74) is 1.38. The average Bonchev–Trinajstić information content (AvgIpc) is 3.35. The zero-order valence-corrected chi connectivity index (χ0v) is 18.1. The highest BCUT2D eigenvalue weighted by Gasteiger charge is 2.60. The quantitative estimate of drug-likeness (QED) is 0.515. The van der Waals surface area contributed by atoms with Crippen LogP contribution in [0.3, 0.4) is 0 Å². The minimum atomic E-state index is -1.04. The summed E-state index contributed by atoms with van der Waals surface area (Å²) < 4.78 is 20.5. The molecule has 0 bridgehead atoms. The van der Waals surface area contributed by atoms with Gasteiger partial charge >= 0.3 is 0 Å². The molecular formula is C26H23FN2O4. The summed E-state index contributed by atoms with van der Waals surface area (Å²) in [7, 11) is 0. The first-order chi connectivity index (χ1) is 16.1. The van der Waals surface area contributed by atoms with E-state index in [0.717, 1.165) is 11.3 Å². The van der Waals surface area contributed by atoms with Crippen molar-refractivity contribution in [2.24, 2.45) is 5.92 Å². The maximum atomic E-state index is 14.9. The van der Waals surface area contributed by atoms with Crippen LogP contribution in [0.1, 0.15) is 24.9 Å². The number of hydroxylamine groups is 1. The third kappa shape index (κ3) is 3.64. The first kappa shape index (κ1) is 21.2. The van der Waals surface area contributed by atoms with Gasteiger partial charge < -0.3 is 4.74 Å². The molecule has 0 N–H and O–H groups in total. The molecule has 2 aliphatic heterocycles. The van der Waals surface area contributed by atoms with Gasteiger partial charge in [-0.3, -0.25) is 14.4 Å². The lowest BCUT2D eigenvalue weighted by Crippen LogP contribution is -2.37. The molecule has 2 aliphatic rings. The SMILES string of the molecule is CCCOc1ccc(N2C(=O)[C@H]3[C@@H](ON(c4ccccc4)[C@H]3c3ccccc3F)C2=O)cc1. The predicted molar refractivity (Wildman–Crippen MR) is 121 cm³/mol. The molecule has 168 valence electrons. The lowest BCUT2D eigenvalue weighted by Gasteiger charge is -2.29. The molecule has 2 heterocycles. The molecule has 3 atom stereocenters. The fourth-order valence-corrected chi connectivity index (χ4v) is 4.41. The van der Waals surface area contributed by atoms with Crippen LogP contribution in [-0.4, -0.2) is 24.5 Å². The van der Waals surface area contributed by atoms with E-state index in [1.54, 1.807) is 54.6 Å². The normalized spacial score (nSPS) is 22.1. The van der Waals surface area contributed by atoms with Gasteiger partial charge in [0.1, 0.15) is 17.5 Å². The minimum Gasteiger partial charge on any atom is -0.494 e.